The number of hydrogen-bond donors (Lipinski definition) is 1. The molecular formula is C13H16BrF2NO. The van der Waals surface area contributed by atoms with Gasteiger partial charge in [0, 0.05) is 24.1 Å². The van der Waals surface area contributed by atoms with Crippen LogP contribution in [0.4, 0.5) is 8.78 Å². The summed E-state index contributed by atoms with van der Waals surface area (Å²) in [5.74, 6) is -0.630. The number of hydrogen-bond acceptors (Lipinski definition) is 2. The van der Waals surface area contributed by atoms with Crippen LogP contribution in [0, 0.1) is 17.6 Å². The molecule has 1 N–H and O–H groups in total. The maximum absolute atomic E-state index is 14.0. The molecule has 2 unspecified atom stereocenters. The summed E-state index contributed by atoms with van der Waals surface area (Å²) in [4.78, 5) is 0. The fraction of sp³-hybridized carbons (Fsp3) is 0.538. The zero-order valence-corrected chi connectivity index (χ0v) is 11.8. The van der Waals surface area contributed by atoms with E-state index in [2.05, 4.69) is 21.2 Å². The lowest BCUT2D eigenvalue weighted by Gasteiger charge is -2.24. The lowest BCUT2D eigenvalue weighted by molar-refractivity contribution is 0.176. The zero-order valence-electron chi connectivity index (χ0n) is 10.2. The van der Waals surface area contributed by atoms with Crippen LogP contribution in [0.3, 0.4) is 0 Å². The Kier molecular flexibility index (Phi) is 4.70. The highest BCUT2D eigenvalue weighted by Gasteiger charge is 2.29. The summed E-state index contributed by atoms with van der Waals surface area (Å²) in [5, 5.41) is 3.23. The molecule has 1 saturated heterocycles. The highest BCUT2D eigenvalue weighted by Crippen LogP contribution is 2.32. The van der Waals surface area contributed by atoms with Crippen LogP contribution >= 0.6 is 15.9 Å². The Labute approximate surface area is 114 Å². The molecule has 0 aromatic heterocycles. The Hall–Kier alpha value is -0.520. The Morgan fingerprint density at radius 2 is 2.22 bits per heavy atom. The van der Waals surface area contributed by atoms with Gasteiger partial charge in [0.05, 0.1) is 11.1 Å². The number of ether oxygens (including phenoxy) is 1. The van der Waals surface area contributed by atoms with Crippen molar-refractivity contribution >= 4 is 15.9 Å². The van der Waals surface area contributed by atoms with E-state index in [0.717, 1.165) is 6.42 Å². The summed E-state index contributed by atoms with van der Waals surface area (Å²) in [6, 6.07) is 2.26. The molecule has 0 radical (unpaired) electrons. The quantitative estimate of drug-likeness (QED) is 0.859. The third kappa shape index (κ3) is 2.90. The van der Waals surface area contributed by atoms with Gasteiger partial charge in [-0.1, -0.05) is 6.92 Å². The van der Waals surface area contributed by atoms with Crippen molar-refractivity contribution in [2.24, 2.45) is 5.92 Å². The van der Waals surface area contributed by atoms with E-state index in [-0.39, 0.29) is 22.2 Å². The minimum absolute atomic E-state index is 0.154. The first kappa shape index (κ1) is 13.9. The van der Waals surface area contributed by atoms with Gasteiger partial charge in [0.15, 0.2) is 0 Å². The Bertz CT molecular complexity index is 422. The van der Waals surface area contributed by atoms with Crippen LogP contribution in [-0.4, -0.2) is 19.8 Å². The molecule has 0 amide bonds. The zero-order chi connectivity index (χ0) is 13.1. The van der Waals surface area contributed by atoms with Crippen LogP contribution < -0.4 is 5.32 Å². The van der Waals surface area contributed by atoms with Crippen molar-refractivity contribution in [3.05, 3.63) is 33.8 Å². The largest absolute Gasteiger partial charge is 0.381 e. The average molecular weight is 320 g/mol. The first-order chi connectivity index (χ1) is 8.63. The lowest BCUT2D eigenvalue weighted by Crippen LogP contribution is -2.29. The molecule has 1 aromatic carbocycles. The van der Waals surface area contributed by atoms with E-state index in [1.165, 1.54) is 12.1 Å². The van der Waals surface area contributed by atoms with Crippen molar-refractivity contribution in [1.29, 1.82) is 0 Å². The summed E-state index contributed by atoms with van der Waals surface area (Å²) in [5.41, 5.74) is 0.382. The second-order valence-corrected chi connectivity index (χ2v) is 5.30. The van der Waals surface area contributed by atoms with Crippen LogP contribution in [-0.2, 0) is 4.74 Å². The Morgan fingerprint density at radius 1 is 1.44 bits per heavy atom. The van der Waals surface area contributed by atoms with Crippen molar-refractivity contribution in [2.45, 2.75) is 19.4 Å². The molecule has 2 rings (SSSR count). The van der Waals surface area contributed by atoms with E-state index in [1.807, 2.05) is 6.92 Å². The third-order valence-corrected chi connectivity index (χ3v) is 3.84. The molecule has 1 aliphatic rings. The molecular weight excluding hydrogens is 304 g/mol. The van der Waals surface area contributed by atoms with Crippen LogP contribution in [0.25, 0.3) is 0 Å². The molecule has 1 fully saturated rings. The van der Waals surface area contributed by atoms with Gasteiger partial charge in [0.2, 0.25) is 0 Å². The highest BCUT2D eigenvalue weighted by atomic mass is 79.9. The van der Waals surface area contributed by atoms with Crippen LogP contribution in [0.15, 0.2) is 16.6 Å². The molecule has 2 nitrogen and oxygen atoms in total. The molecule has 1 aromatic rings. The summed E-state index contributed by atoms with van der Waals surface area (Å²) in [6.07, 6.45) is 0.870. The van der Waals surface area contributed by atoms with Crippen molar-refractivity contribution in [3.63, 3.8) is 0 Å². The molecule has 2 atom stereocenters. The molecule has 0 bridgehead atoms. The van der Waals surface area contributed by atoms with E-state index >= 15 is 0 Å². The lowest BCUT2D eigenvalue weighted by atomic mass is 9.92. The molecule has 18 heavy (non-hydrogen) atoms. The van der Waals surface area contributed by atoms with Gasteiger partial charge in [-0.3, -0.25) is 0 Å². The Morgan fingerprint density at radius 3 is 2.83 bits per heavy atom. The summed E-state index contributed by atoms with van der Waals surface area (Å²) in [6.45, 7) is 3.94. The summed E-state index contributed by atoms with van der Waals surface area (Å²) < 4.78 is 33.0. The first-order valence-corrected chi connectivity index (χ1v) is 6.88. The third-order valence-electron chi connectivity index (χ3n) is 3.24. The minimum atomic E-state index is -0.437. The van der Waals surface area contributed by atoms with Gasteiger partial charge in [-0.2, -0.15) is 0 Å². The van der Waals surface area contributed by atoms with E-state index in [4.69, 9.17) is 4.74 Å². The first-order valence-electron chi connectivity index (χ1n) is 6.09. The molecule has 1 aliphatic heterocycles. The van der Waals surface area contributed by atoms with Gasteiger partial charge in [-0.05, 0) is 41.0 Å². The van der Waals surface area contributed by atoms with Crippen LogP contribution in [0.1, 0.15) is 24.9 Å². The van der Waals surface area contributed by atoms with Crippen molar-refractivity contribution in [1.82, 2.24) is 5.32 Å². The van der Waals surface area contributed by atoms with Gasteiger partial charge in [-0.25, -0.2) is 8.78 Å². The maximum Gasteiger partial charge on any atom is 0.137 e. The summed E-state index contributed by atoms with van der Waals surface area (Å²) in [7, 11) is 0. The van der Waals surface area contributed by atoms with Crippen molar-refractivity contribution in [2.75, 3.05) is 19.8 Å². The van der Waals surface area contributed by atoms with Crippen LogP contribution in [0.5, 0.6) is 0 Å². The summed E-state index contributed by atoms with van der Waals surface area (Å²) >= 11 is 2.99. The van der Waals surface area contributed by atoms with Gasteiger partial charge >= 0.3 is 0 Å². The van der Waals surface area contributed by atoms with E-state index in [9.17, 15) is 8.78 Å². The molecule has 100 valence electrons. The second kappa shape index (κ2) is 6.08. The molecule has 0 aliphatic carbocycles. The molecule has 5 heteroatoms. The molecule has 0 saturated carbocycles. The number of nitrogens with one attached hydrogen (secondary N) is 1. The van der Waals surface area contributed by atoms with Gasteiger partial charge in [0.25, 0.3) is 0 Å². The van der Waals surface area contributed by atoms with Gasteiger partial charge < -0.3 is 10.1 Å². The highest BCUT2D eigenvalue weighted by molar-refractivity contribution is 9.10. The number of rotatable bonds is 4. The average Bonchev–Trinajstić information content (AvgIpc) is 2.85. The smallest absolute Gasteiger partial charge is 0.137 e. The fourth-order valence-corrected chi connectivity index (χ4v) is 2.66. The normalized spacial score (nSPS) is 21.2. The predicted molar refractivity (Wildman–Crippen MR) is 69.4 cm³/mol. The number of benzene rings is 1. The minimum Gasteiger partial charge on any atom is -0.381 e. The van der Waals surface area contributed by atoms with Crippen molar-refractivity contribution < 1.29 is 13.5 Å². The molecule has 0 spiro atoms. The van der Waals surface area contributed by atoms with Crippen molar-refractivity contribution in [3.8, 4) is 0 Å². The standard InChI is InChI=1S/C13H16BrF2NO/c1-2-17-13(8-3-4-18-7-8)9-5-12(16)10(14)6-11(9)15/h5-6,8,13,17H,2-4,7H2,1H3. The second-order valence-electron chi connectivity index (χ2n) is 4.45. The predicted octanol–water partition coefficient (Wildman–Crippen LogP) is 3.41. The van der Waals surface area contributed by atoms with Gasteiger partial charge in [-0.15, -0.1) is 0 Å². The van der Waals surface area contributed by atoms with E-state index < -0.39 is 5.82 Å². The fourth-order valence-electron chi connectivity index (χ4n) is 2.34. The van der Waals surface area contributed by atoms with Crippen LogP contribution in [0.2, 0.25) is 0 Å². The molecule has 1 heterocycles. The van der Waals surface area contributed by atoms with E-state index in [0.29, 0.717) is 25.3 Å². The van der Waals surface area contributed by atoms with E-state index in [1.54, 1.807) is 0 Å². The number of halogens is 3. The SMILES string of the molecule is CCNC(c1cc(F)c(Br)cc1F)C1CCOC1. The van der Waals surface area contributed by atoms with Gasteiger partial charge in [0.1, 0.15) is 11.6 Å². The Balaban J connectivity index is 2.32. The monoisotopic (exact) mass is 319 g/mol. The maximum atomic E-state index is 14.0. The topological polar surface area (TPSA) is 21.3 Å².